The van der Waals surface area contributed by atoms with Gasteiger partial charge in [-0.3, -0.25) is 4.90 Å². The van der Waals surface area contributed by atoms with Crippen LogP contribution in [0.3, 0.4) is 0 Å². The molecule has 0 amide bonds. The van der Waals surface area contributed by atoms with Gasteiger partial charge in [0, 0.05) is 41.5 Å². The number of nitrogens with two attached hydrogens (primary N) is 1. The number of ether oxygens (including phenoxy) is 1. The van der Waals surface area contributed by atoms with Gasteiger partial charge < -0.3 is 20.7 Å². The summed E-state index contributed by atoms with van der Waals surface area (Å²) in [5, 5.41) is 5.51. The second-order valence-corrected chi connectivity index (χ2v) is 12.5. The van der Waals surface area contributed by atoms with Crippen molar-refractivity contribution in [3.8, 4) is 17.1 Å². The van der Waals surface area contributed by atoms with Crippen LogP contribution in [0.25, 0.3) is 32.9 Å². The zero-order chi connectivity index (χ0) is 27.7. The van der Waals surface area contributed by atoms with Crippen molar-refractivity contribution in [2.24, 2.45) is 0 Å². The molecule has 2 aromatic heterocycles. The van der Waals surface area contributed by atoms with Crippen LogP contribution in [-0.4, -0.2) is 70.3 Å². The molecule has 6 heterocycles. The van der Waals surface area contributed by atoms with Gasteiger partial charge >= 0.3 is 6.01 Å². The Bertz CT molecular complexity index is 1660. The van der Waals surface area contributed by atoms with Gasteiger partial charge in [0.25, 0.3) is 0 Å². The van der Waals surface area contributed by atoms with Gasteiger partial charge in [0.2, 0.25) is 0 Å². The highest BCUT2D eigenvalue weighted by molar-refractivity contribution is 6.36. The second kappa shape index (κ2) is 9.64. The molecule has 8 nitrogen and oxygen atoms in total. The number of hydrogen-bond donors (Lipinski definition) is 2. The molecule has 4 aliphatic heterocycles. The van der Waals surface area contributed by atoms with Gasteiger partial charge in [0.05, 0.1) is 16.1 Å². The molecule has 4 aromatic rings. The zero-order valence-corrected chi connectivity index (χ0v) is 23.6. The number of aromatic nitrogens is 3. The van der Waals surface area contributed by atoms with Crippen molar-refractivity contribution >= 4 is 45.0 Å². The number of nitrogen functional groups attached to an aromatic ring is 1. The van der Waals surface area contributed by atoms with E-state index >= 15 is 4.39 Å². The summed E-state index contributed by atoms with van der Waals surface area (Å²) in [6.45, 7) is 4.39. The number of piperazine rings is 1. The average molecular weight is 574 g/mol. The first-order valence-corrected chi connectivity index (χ1v) is 15.1. The third kappa shape index (κ3) is 4.20. The Morgan fingerprint density at radius 1 is 1.02 bits per heavy atom. The molecule has 0 radical (unpaired) electrons. The van der Waals surface area contributed by atoms with Crippen LogP contribution in [-0.2, 0) is 0 Å². The number of hydrogen-bond acceptors (Lipinski definition) is 8. The summed E-state index contributed by atoms with van der Waals surface area (Å²) < 4.78 is 23.1. The van der Waals surface area contributed by atoms with Crippen LogP contribution in [0, 0.1) is 5.82 Å². The van der Waals surface area contributed by atoms with Crippen molar-refractivity contribution in [3.63, 3.8) is 0 Å². The Hall–Kier alpha value is -3.27. The van der Waals surface area contributed by atoms with Crippen LogP contribution in [0.2, 0.25) is 5.02 Å². The van der Waals surface area contributed by atoms with Gasteiger partial charge in [-0.25, -0.2) is 9.37 Å². The molecule has 212 valence electrons. The summed E-state index contributed by atoms with van der Waals surface area (Å²) in [4.78, 5) is 18.9. The van der Waals surface area contributed by atoms with E-state index in [1.807, 2.05) is 18.2 Å². The molecule has 2 unspecified atom stereocenters. The van der Waals surface area contributed by atoms with E-state index in [1.54, 1.807) is 18.2 Å². The minimum absolute atomic E-state index is 0.0389. The summed E-state index contributed by atoms with van der Waals surface area (Å²) in [5.74, 6) is 0.593. The summed E-state index contributed by atoms with van der Waals surface area (Å²) >= 11 is 6.60. The van der Waals surface area contributed by atoms with E-state index in [2.05, 4.69) is 20.1 Å². The highest BCUT2D eigenvalue weighted by Gasteiger charge is 2.45. The van der Waals surface area contributed by atoms with E-state index in [0.29, 0.717) is 56.9 Å². The van der Waals surface area contributed by atoms with E-state index < -0.39 is 5.82 Å². The molecular formula is C31H33ClFN7O. The van der Waals surface area contributed by atoms with Gasteiger partial charge in [-0.1, -0.05) is 23.7 Å². The summed E-state index contributed by atoms with van der Waals surface area (Å²) in [6, 6.07) is 11.9. The van der Waals surface area contributed by atoms with Gasteiger partial charge in [-0.15, -0.1) is 0 Å². The first-order chi connectivity index (χ1) is 20.0. The van der Waals surface area contributed by atoms with E-state index in [0.717, 1.165) is 57.7 Å². The Morgan fingerprint density at radius 2 is 1.80 bits per heavy atom. The van der Waals surface area contributed by atoms with Gasteiger partial charge in [0.1, 0.15) is 23.8 Å². The number of pyridine rings is 1. The van der Waals surface area contributed by atoms with Gasteiger partial charge in [-0.05, 0) is 81.4 Å². The van der Waals surface area contributed by atoms with Crippen LogP contribution in [0.4, 0.5) is 16.0 Å². The summed E-state index contributed by atoms with van der Waals surface area (Å²) in [6.07, 6.45) is 6.87. The molecule has 4 fully saturated rings. The maximum atomic E-state index is 16.7. The predicted molar refractivity (Wildman–Crippen MR) is 160 cm³/mol. The largest absolute Gasteiger partial charge is 0.461 e. The Balaban J connectivity index is 1.26. The number of nitrogens with one attached hydrogen (secondary N) is 1. The molecule has 2 atom stereocenters. The number of fused-ring (bicyclic) bond motifs is 5. The molecule has 0 spiro atoms. The second-order valence-electron chi connectivity index (χ2n) is 12.1. The quantitative estimate of drug-likeness (QED) is 0.338. The molecule has 0 saturated carbocycles. The van der Waals surface area contributed by atoms with E-state index in [4.69, 9.17) is 32.0 Å². The normalized spacial score (nSPS) is 23.5. The van der Waals surface area contributed by atoms with E-state index in [-0.39, 0.29) is 17.1 Å². The standard InChI is InChI=1S/C31H33ClFN7O/c32-23-4-1-5-24-26(23)22(14-25(34)36-24)20-8-9-21-28(27(20)33)37-30(41-17-31-10-2-12-40(31)13-3-11-31)38-29(21)39-15-18-6-7-19(16-39)35-18/h1,4-5,8-9,14,18-19,35H,2-3,6-7,10-13,15-17H2,(H2,34,36). The highest BCUT2D eigenvalue weighted by Crippen LogP contribution is 2.41. The number of anilines is 2. The molecule has 8 rings (SSSR count). The topological polar surface area (TPSA) is 92.4 Å². The number of halogens is 2. The lowest BCUT2D eigenvalue weighted by Gasteiger charge is -2.34. The summed E-state index contributed by atoms with van der Waals surface area (Å²) in [7, 11) is 0. The molecule has 10 heteroatoms. The van der Waals surface area contributed by atoms with Crippen molar-refractivity contribution < 1.29 is 9.13 Å². The number of rotatable bonds is 5. The van der Waals surface area contributed by atoms with Crippen LogP contribution in [0.15, 0.2) is 36.4 Å². The van der Waals surface area contributed by atoms with Crippen molar-refractivity contribution in [1.82, 2.24) is 25.2 Å². The van der Waals surface area contributed by atoms with Gasteiger partial charge in [0.15, 0.2) is 5.82 Å². The molecule has 0 aliphatic carbocycles. The fraction of sp³-hybridized carbons (Fsp3) is 0.452. The van der Waals surface area contributed by atoms with Crippen molar-refractivity contribution in [2.75, 3.05) is 43.4 Å². The Kier molecular flexibility index (Phi) is 5.98. The molecule has 2 aromatic carbocycles. The van der Waals surface area contributed by atoms with Crippen LogP contribution >= 0.6 is 11.6 Å². The van der Waals surface area contributed by atoms with Crippen molar-refractivity contribution in [2.45, 2.75) is 56.1 Å². The lowest BCUT2D eigenvalue weighted by Crippen LogP contribution is -2.51. The van der Waals surface area contributed by atoms with Crippen LogP contribution < -0.4 is 20.7 Å². The maximum absolute atomic E-state index is 16.7. The SMILES string of the molecule is Nc1cc(-c2ccc3c(N4CC5CCC(C4)N5)nc(OCC45CCCN4CCC5)nc3c2F)c2c(Cl)cccc2n1. The van der Waals surface area contributed by atoms with E-state index in [1.165, 1.54) is 12.8 Å². The monoisotopic (exact) mass is 573 g/mol. The third-order valence-electron chi connectivity index (χ3n) is 9.66. The molecular weight excluding hydrogens is 541 g/mol. The molecule has 4 aliphatic rings. The summed E-state index contributed by atoms with van der Waals surface area (Å²) in [5.41, 5.74) is 8.02. The molecule has 2 bridgehead atoms. The zero-order valence-electron chi connectivity index (χ0n) is 22.9. The fourth-order valence-corrected chi connectivity index (χ4v) is 8.02. The van der Waals surface area contributed by atoms with Crippen LogP contribution in [0.1, 0.15) is 38.5 Å². The van der Waals surface area contributed by atoms with Crippen LogP contribution in [0.5, 0.6) is 6.01 Å². The first-order valence-electron chi connectivity index (χ1n) is 14.7. The number of benzene rings is 2. The Labute approximate surface area is 243 Å². The first kappa shape index (κ1) is 25.4. The Morgan fingerprint density at radius 3 is 2.59 bits per heavy atom. The minimum atomic E-state index is -0.442. The molecule has 3 N–H and O–H groups in total. The van der Waals surface area contributed by atoms with Crippen molar-refractivity contribution in [3.05, 3.63) is 47.2 Å². The lowest BCUT2D eigenvalue weighted by atomic mass is 9.95. The third-order valence-corrected chi connectivity index (χ3v) is 9.97. The van der Waals surface area contributed by atoms with Crippen molar-refractivity contribution in [1.29, 1.82) is 0 Å². The highest BCUT2D eigenvalue weighted by atomic mass is 35.5. The predicted octanol–water partition coefficient (Wildman–Crippen LogP) is 5.17. The average Bonchev–Trinajstić information content (AvgIpc) is 3.65. The van der Waals surface area contributed by atoms with E-state index in [9.17, 15) is 0 Å². The molecule has 4 saturated heterocycles. The lowest BCUT2D eigenvalue weighted by molar-refractivity contribution is 0.108. The number of nitrogens with zero attached hydrogens (tertiary/aromatic N) is 5. The maximum Gasteiger partial charge on any atom is 0.319 e. The van der Waals surface area contributed by atoms with Gasteiger partial charge in [-0.2, -0.15) is 9.97 Å². The molecule has 41 heavy (non-hydrogen) atoms. The minimum Gasteiger partial charge on any atom is -0.461 e. The fourth-order valence-electron chi connectivity index (χ4n) is 7.75. The smallest absolute Gasteiger partial charge is 0.319 e.